The van der Waals surface area contributed by atoms with Gasteiger partial charge in [-0.3, -0.25) is 9.59 Å². The van der Waals surface area contributed by atoms with Gasteiger partial charge in [0.2, 0.25) is 0 Å². The van der Waals surface area contributed by atoms with Crippen LogP contribution in [0.25, 0.3) is 0 Å². The fourth-order valence-electron chi connectivity index (χ4n) is 1.34. The van der Waals surface area contributed by atoms with Crippen molar-refractivity contribution in [1.29, 1.82) is 0 Å². The molecule has 0 aromatic heterocycles. The number of hydrogen-bond acceptors (Lipinski definition) is 3. The van der Waals surface area contributed by atoms with Gasteiger partial charge in [0.25, 0.3) is 0 Å². The minimum Gasteiger partial charge on any atom is -0.347 e. The molecule has 0 aliphatic heterocycles. The molecule has 0 heterocycles. The molecule has 0 aliphatic rings. The van der Waals surface area contributed by atoms with Crippen molar-refractivity contribution in [2.24, 2.45) is 0 Å². The molecule has 0 spiro atoms. The molecule has 0 aromatic carbocycles. The standard InChI is InChI=1S/C12H25N3O2/c1-5-10(4)14-12(17)11(16)13-8-9-15(6-2)7-3/h10H,5-9H2,1-4H3,(H,13,16)(H,14,17). The summed E-state index contributed by atoms with van der Waals surface area (Å²) in [5.74, 6) is -1.09. The van der Waals surface area contributed by atoms with Gasteiger partial charge in [-0.15, -0.1) is 0 Å². The first kappa shape index (κ1) is 15.9. The molecule has 0 radical (unpaired) electrons. The highest BCUT2D eigenvalue weighted by molar-refractivity contribution is 6.35. The number of carbonyl (C=O) groups excluding carboxylic acids is 2. The summed E-state index contributed by atoms with van der Waals surface area (Å²) in [5.41, 5.74) is 0. The van der Waals surface area contributed by atoms with Crippen molar-refractivity contribution in [3.8, 4) is 0 Å². The van der Waals surface area contributed by atoms with Gasteiger partial charge in [-0.05, 0) is 26.4 Å². The zero-order valence-corrected chi connectivity index (χ0v) is 11.4. The summed E-state index contributed by atoms with van der Waals surface area (Å²) in [7, 11) is 0. The summed E-state index contributed by atoms with van der Waals surface area (Å²) in [6, 6.07) is 0.0380. The first-order valence-electron chi connectivity index (χ1n) is 6.36. The highest BCUT2D eigenvalue weighted by Gasteiger charge is 2.14. The van der Waals surface area contributed by atoms with Crippen molar-refractivity contribution in [3.63, 3.8) is 0 Å². The van der Waals surface area contributed by atoms with Gasteiger partial charge in [-0.1, -0.05) is 20.8 Å². The number of nitrogens with zero attached hydrogens (tertiary/aromatic N) is 1. The Kier molecular flexibility index (Phi) is 8.40. The Morgan fingerprint density at radius 1 is 1.12 bits per heavy atom. The largest absolute Gasteiger partial charge is 0.347 e. The van der Waals surface area contributed by atoms with Crippen LogP contribution in [0, 0.1) is 0 Å². The smallest absolute Gasteiger partial charge is 0.309 e. The maximum Gasteiger partial charge on any atom is 0.309 e. The second kappa shape index (κ2) is 8.98. The number of carbonyl (C=O) groups is 2. The van der Waals surface area contributed by atoms with Crippen LogP contribution in [0.3, 0.4) is 0 Å². The summed E-state index contributed by atoms with van der Waals surface area (Å²) < 4.78 is 0. The van der Waals surface area contributed by atoms with Crippen LogP contribution in [-0.2, 0) is 9.59 Å². The summed E-state index contributed by atoms with van der Waals surface area (Å²) in [6.07, 6.45) is 0.818. The number of rotatable bonds is 7. The molecule has 0 saturated heterocycles. The lowest BCUT2D eigenvalue weighted by Crippen LogP contribution is -2.45. The topological polar surface area (TPSA) is 61.4 Å². The SMILES string of the molecule is CCC(C)NC(=O)C(=O)NCCN(CC)CC. The van der Waals surface area contributed by atoms with Crippen molar-refractivity contribution in [3.05, 3.63) is 0 Å². The maximum absolute atomic E-state index is 11.4. The Hall–Kier alpha value is -1.10. The fourth-order valence-corrected chi connectivity index (χ4v) is 1.34. The first-order chi connectivity index (χ1) is 8.04. The molecule has 5 heteroatoms. The van der Waals surface area contributed by atoms with Crippen molar-refractivity contribution < 1.29 is 9.59 Å². The monoisotopic (exact) mass is 243 g/mol. The molecule has 100 valence electrons. The van der Waals surface area contributed by atoms with Gasteiger partial charge >= 0.3 is 11.8 Å². The molecule has 5 nitrogen and oxygen atoms in total. The minimum atomic E-state index is -0.544. The summed E-state index contributed by atoms with van der Waals surface area (Å²) >= 11 is 0. The van der Waals surface area contributed by atoms with Gasteiger partial charge in [0, 0.05) is 19.1 Å². The van der Waals surface area contributed by atoms with Crippen LogP contribution in [0.2, 0.25) is 0 Å². The normalized spacial score (nSPS) is 12.3. The van der Waals surface area contributed by atoms with Crippen molar-refractivity contribution in [1.82, 2.24) is 15.5 Å². The zero-order valence-electron chi connectivity index (χ0n) is 11.4. The molecular formula is C12H25N3O2. The van der Waals surface area contributed by atoms with Crippen LogP contribution < -0.4 is 10.6 Å². The first-order valence-corrected chi connectivity index (χ1v) is 6.36. The molecule has 2 amide bonds. The Balaban J connectivity index is 3.82. The van der Waals surface area contributed by atoms with Crippen LogP contribution in [0.15, 0.2) is 0 Å². The third kappa shape index (κ3) is 6.94. The van der Waals surface area contributed by atoms with E-state index in [0.29, 0.717) is 6.54 Å². The van der Waals surface area contributed by atoms with E-state index in [9.17, 15) is 9.59 Å². The van der Waals surface area contributed by atoms with Crippen molar-refractivity contribution in [2.45, 2.75) is 40.2 Å². The molecule has 1 atom stereocenters. The highest BCUT2D eigenvalue weighted by Crippen LogP contribution is 1.87. The second-order valence-electron chi connectivity index (χ2n) is 4.07. The third-order valence-corrected chi connectivity index (χ3v) is 2.80. The lowest BCUT2D eigenvalue weighted by atomic mass is 10.2. The summed E-state index contributed by atoms with van der Waals surface area (Å²) in [5, 5.41) is 5.25. The van der Waals surface area contributed by atoms with Gasteiger partial charge < -0.3 is 15.5 Å². The number of hydrogen-bond donors (Lipinski definition) is 2. The number of likely N-dealkylation sites (N-methyl/N-ethyl adjacent to an activating group) is 1. The lowest BCUT2D eigenvalue weighted by molar-refractivity contribution is -0.139. The molecule has 2 N–H and O–H groups in total. The van der Waals surface area contributed by atoms with E-state index >= 15 is 0 Å². The average Bonchev–Trinajstić information content (AvgIpc) is 2.34. The van der Waals surface area contributed by atoms with Gasteiger partial charge in [0.1, 0.15) is 0 Å². The predicted molar refractivity (Wildman–Crippen MR) is 68.7 cm³/mol. The molecule has 0 rings (SSSR count). The van der Waals surface area contributed by atoms with Crippen LogP contribution in [0.4, 0.5) is 0 Å². The van der Waals surface area contributed by atoms with E-state index in [4.69, 9.17) is 0 Å². The van der Waals surface area contributed by atoms with E-state index in [-0.39, 0.29) is 6.04 Å². The zero-order chi connectivity index (χ0) is 13.3. The quantitative estimate of drug-likeness (QED) is 0.635. The maximum atomic E-state index is 11.4. The van der Waals surface area contributed by atoms with Crippen LogP contribution >= 0.6 is 0 Å². The Morgan fingerprint density at radius 3 is 2.18 bits per heavy atom. The van der Waals surface area contributed by atoms with Gasteiger partial charge in [0.05, 0.1) is 0 Å². The van der Waals surface area contributed by atoms with E-state index in [1.54, 1.807) is 0 Å². The molecule has 17 heavy (non-hydrogen) atoms. The second-order valence-corrected chi connectivity index (χ2v) is 4.07. The molecule has 0 fully saturated rings. The molecule has 0 aromatic rings. The van der Waals surface area contributed by atoms with E-state index in [2.05, 4.69) is 29.4 Å². The Bertz CT molecular complexity index is 240. The highest BCUT2D eigenvalue weighted by atomic mass is 16.2. The van der Waals surface area contributed by atoms with E-state index < -0.39 is 11.8 Å². The lowest BCUT2D eigenvalue weighted by Gasteiger charge is -2.18. The predicted octanol–water partition coefficient (Wildman–Crippen LogP) is 0.359. The minimum absolute atomic E-state index is 0.0380. The molecule has 1 unspecified atom stereocenters. The molecule has 0 bridgehead atoms. The van der Waals surface area contributed by atoms with Gasteiger partial charge in [0.15, 0.2) is 0 Å². The van der Waals surface area contributed by atoms with E-state index in [1.165, 1.54) is 0 Å². The Morgan fingerprint density at radius 2 is 1.71 bits per heavy atom. The van der Waals surface area contributed by atoms with E-state index in [0.717, 1.165) is 26.1 Å². The van der Waals surface area contributed by atoms with Crippen molar-refractivity contribution in [2.75, 3.05) is 26.2 Å². The van der Waals surface area contributed by atoms with Crippen LogP contribution in [-0.4, -0.2) is 48.9 Å². The molecule has 0 aliphatic carbocycles. The van der Waals surface area contributed by atoms with Gasteiger partial charge in [-0.25, -0.2) is 0 Å². The summed E-state index contributed by atoms with van der Waals surface area (Å²) in [6.45, 7) is 11.2. The Labute approximate surface area is 104 Å². The average molecular weight is 243 g/mol. The van der Waals surface area contributed by atoms with Gasteiger partial charge in [-0.2, -0.15) is 0 Å². The number of amides is 2. The van der Waals surface area contributed by atoms with Crippen LogP contribution in [0.5, 0.6) is 0 Å². The summed E-state index contributed by atoms with van der Waals surface area (Å²) in [4.78, 5) is 25.0. The van der Waals surface area contributed by atoms with Crippen molar-refractivity contribution >= 4 is 11.8 Å². The number of nitrogens with one attached hydrogen (secondary N) is 2. The fraction of sp³-hybridized carbons (Fsp3) is 0.833. The third-order valence-electron chi connectivity index (χ3n) is 2.80. The van der Waals surface area contributed by atoms with E-state index in [1.807, 2.05) is 13.8 Å². The molecule has 0 saturated carbocycles. The molecular weight excluding hydrogens is 218 g/mol. The van der Waals surface area contributed by atoms with Crippen LogP contribution in [0.1, 0.15) is 34.1 Å².